The van der Waals surface area contributed by atoms with Crippen LogP contribution in [0.3, 0.4) is 0 Å². The molecule has 2 unspecified atom stereocenters. The quantitative estimate of drug-likeness (QED) is 0.437. The molecule has 4 heterocycles. The van der Waals surface area contributed by atoms with Crippen molar-refractivity contribution in [3.8, 4) is 0 Å². The third-order valence-corrected chi connectivity index (χ3v) is 8.75. The summed E-state index contributed by atoms with van der Waals surface area (Å²) in [6.45, 7) is 6.48. The number of piperidine rings is 2. The maximum Gasteiger partial charge on any atom is 0.257 e. The van der Waals surface area contributed by atoms with Gasteiger partial charge < -0.3 is 15.2 Å². The summed E-state index contributed by atoms with van der Waals surface area (Å²) in [7, 11) is 0. The summed E-state index contributed by atoms with van der Waals surface area (Å²) in [4.78, 5) is 43.1. The van der Waals surface area contributed by atoms with Crippen LogP contribution in [0.15, 0.2) is 36.4 Å². The first-order valence-corrected chi connectivity index (χ1v) is 14.4. The lowest BCUT2D eigenvalue weighted by molar-refractivity contribution is -0.139. The molecular weight excluding hydrogens is 529 g/mol. The number of anilines is 1. The minimum absolute atomic E-state index is 0.0936. The van der Waals surface area contributed by atoms with Crippen molar-refractivity contribution >= 4 is 23.4 Å². The molecule has 0 saturated carbocycles. The first-order valence-electron chi connectivity index (χ1n) is 14.4. The van der Waals surface area contributed by atoms with E-state index in [9.17, 15) is 19.5 Å². The maximum atomic E-state index is 15.1. The van der Waals surface area contributed by atoms with E-state index in [1.54, 1.807) is 30.3 Å². The number of carbonyl (C=O) groups is 3. The molecule has 6 rings (SSSR count). The first kappa shape index (κ1) is 27.8. The van der Waals surface area contributed by atoms with Crippen LogP contribution in [0.1, 0.15) is 59.0 Å². The summed E-state index contributed by atoms with van der Waals surface area (Å²) >= 11 is 0. The molecule has 0 aromatic heterocycles. The van der Waals surface area contributed by atoms with E-state index in [-0.39, 0.29) is 30.8 Å². The molecule has 11 heteroatoms. The number of morpholine rings is 1. The Labute approximate surface area is 238 Å². The average molecular weight is 566 g/mol. The number of hydrogen-bond donors (Lipinski definition) is 3. The Hall–Kier alpha value is -3.38. The number of carbonyl (C=O) groups excluding carboxylic acids is 3. The number of fused-ring (bicyclic) bond motifs is 1. The summed E-state index contributed by atoms with van der Waals surface area (Å²) in [5.41, 5.74) is 2.51. The van der Waals surface area contributed by atoms with Crippen molar-refractivity contribution in [3.05, 3.63) is 64.5 Å². The molecule has 3 amide bonds. The van der Waals surface area contributed by atoms with E-state index in [1.807, 2.05) is 6.07 Å². The number of benzene rings is 2. The van der Waals surface area contributed by atoms with Gasteiger partial charge in [-0.1, -0.05) is 18.2 Å². The lowest BCUT2D eigenvalue weighted by Gasteiger charge is -2.40. The smallest absolute Gasteiger partial charge is 0.257 e. The summed E-state index contributed by atoms with van der Waals surface area (Å²) in [6, 6.07) is 9.97. The number of likely N-dealkylation sites (tertiary alicyclic amines) is 1. The topological polar surface area (TPSA) is 114 Å². The number of aliphatic hydroxyl groups is 1. The molecule has 3 N–H and O–H groups in total. The second-order valence-electron chi connectivity index (χ2n) is 11.3. The molecule has 4 aliphatic heterocycles. The zero-order valence-electron chi connectivity index (χ0n) is 23.0. The lowest BCUT2D eigenvalue weighted by Crippen LogP contribution is -2.53. The van der Waals surface area contributed by atoms with Crippen LogP contribution in [0.2, 0.25) is 0 Å². The van der Waals surface area contributed by atoms with E-state index < -0.39 is 30.0 Å². The van der Waals surface area contributed by atoms with Gasteiger partial charge in [0.1, 0.15) is 11.9 Å². The Balaban J connectivity index is 1.07. The predicted octanol–water partition coefficient (Wildman–Crippen LogP) is 1.99. The van der Waals surface area contributed by atoms with Crippen LogP contribution in [-0.2, 0) is 27.4 Å². The molecule has 0 bridgehead atoms. The standard InChI is InChI=1S/C30H36FN5O5/c31-23-16-19(18-34-10-8-21(9-11-34)35-12-14-41-15-13-35)4-5-20(23)17-32-24-3-1-2-22-27(24)30(40)36(29(22)39)25-6-7-26(37)33-28(25)38/h1-5,16,21,25,30,32,40H,6-15,17-18H2,(H,33,37,38). The largest absolute Gasteiger partial charge is 0.380 e. The van der Waals surface area contributed by atoms with Gasteiger partial charge in [-0.25, -0.2) is 4.39 Å². The number of ether oxygens (including phenoxy) is 1. The van der Waals surface area contributed by atoms with Gasteiger partial charge in [-0.2, -0.15) is 0 Å². The number of amides is 3. The molecule has 3 saturated heterocycles. The lowest BCUT2D eigenvalue weighted by atomic mass is 10.0. The van der Waals surface area contributed by atoms with Crippen LogP contribution in [0.25, 0.3) is 0 Å². The van der Waals surface area contributed by atoms with Crippen LogP contribution < -0.4 is 10.6 Å². The zero-order valence-corrected chi connectivity index (χ0v) is 23.0. The van der Waals surface area contributed by atoms with E-state index in [1.165, 1.54) is 0 Å². The van der Waals surface area contributed by atoms with Gasteiger partial charge in [0, 0.05) is 61.0 Å². The molecular formula is C30H36FN5O5. The molecule has 10 nitrogen and oxygen atoms in total. The fourth-order valence-corrected chi connectivity index (χ4v) is 6.50. The highest BCUT2D eigenvalue weighted by molar-refractivity contribution is 6.06. The number of nitrogens with zero attached hydrogens (tertiary/aromatic N) is 3. The van der Waals surface area contributed by atoms with Crippen LogP contribution in [0, 0.1) is 5.82 Å². The van der Waals surface area contributed by atoms with Crippen molar-refractivity contribution in [1.29, 1.82) is 0 Å². The minimum atomic E-state index is -1.36. The average Bonchev–Trinajstić information content (AvgIpc) is 3.23. The summed E-state index contributed by atoms with van der Waals surface area (Å²) in [6.07, 6.45) is 1.11. The Kier molecular flexibility index (Phi) is 8.03. The highest BCUT2D eigenvalue weighted by Gasteiger charge is 2.45. The van der Waals surface area contributed by atoms with Gasteiger partial charge in [-0.15, -0.1) is 0 Å². The van der Waals surface area contributed by atoms with Gasteiger partial charge in [-0.3, -0.25) is 34.4 Å². The molecule has 3 fully saturated rings. The Morgan fingerprint density at radius 1 is 1.02 bits per heavy atom. The van der Waals surface area contributed by atoms with Gasteiger partial charge in [0.25, 0.3) is 5.91 Å². The third-order valence-electron chi connectivity index (χ3n) is 8.75. The van der Waals surface area contributed by atoms with E-state index in [0.29, 0.717) is 29.4 Å². The molecule has 0 radical (unpaired) electrons. The molecule has 218 valence electrons. The number of halogens is 1. The molecule has 2 aromatic carbocycles. The summed E-state index contributed by atoms with van der Waals surface area (Å²) in [5.74, 6) is -1.78. The van der Waals surface area contributed by atoms with Crippen molar-refractivity contribution < 1.29 is 28.6 Å². The van der Waals surface area contributed by atoms with Crippen LogP contribution in [0.5, 0.6) is 0 Å². The fourth-order valence-electron chi connectivity index (χ4n) is 6.50. The molecule has 0 spiro atoms. The minimum Gasteiger partial charge on any atom is -0.380 e. The first-order chi connectivity index (χ1) is 19.9. The van der Waals surface area contributed by atoms with E-state index in [4.69, 9.17) is 4.74 Å². The van der Waals surface area contributed by atoms with E-state index in [0.717, 1.165) is 62.7 Å². The zero-order chi connectivity index (χ0) is 28.5. The van der Waals surface area contributed by atoms with Crippen LogP contribution in [-0.4, -0.2) is 89.0 Å². The number of rotatable bonds is 7. The van der Waals surface area contributed by atoms with Gasteiger partial charge in [0.05, 0.1) is 13.2 Å². The van der Waals surface area contributed by atoms with E-state index in [2.05, 4.69) is 20.4 Å². The summed E-state index contributed by atoms with van der Waals surface area (Å²) in [5, 5.41) is 16.5. The number of aliphatic hydroxyl groups excluding tert-OH is 1. The van der Waals surface area contributed by atoms with Crippen LogP contribution in [0.4, 0.5) is 10.1 Å². The van der Waals surface area contributed by atoms with Gasteiger partial charge >= 0.3 is 0 Å². The van der Waals surface area contributed by atoms with Crippen molar-refractivity contribution in [2.24, 2.45) is 0 Å². The Morgan fingerprint density at radius 2 is 1.80 bits per heavy atom. The highest BCUT2D eigenvalue weighted by atomic mass is 19.1. The third kappa shape index (κ3) is 5.72. The fraction of sp³-hybridized carbons (Fsp3) is 0.500. The molecule has 4 aliphatic rings. The SMILES string of the molecule is O=C1CCC(N2C(=O)c3cccc(NCc4ccc(CN5CCC(N6CCOCC6)CC5)cc4F)c3C2O)C(=O)N1. The molecule has 2 aromatic rings. The highest BCUT2D eigenvalue weighted by Crippen LogP contribution is 2.39. The van der Waals surface area contributed by atoms with Crippen LogP contribution >= 0.6 is 0 Å². The maximum absolute atomic E-state index is 15.1. The summed E-state index contributed by atoms with van der Waals surface area (Å²) < 4.78 is 20.6. The molecule has 2 atom stereocenters. The van der Waals surface area contributed by atoms with Gasteiger partial charge in [0.15, 0.2) is 6.23 Å². The number of imide groups is 1. The molecule has 0 aliphatic carbocycles. The Morgan fingerprint density at radius 3 is 2.54 bits per heavy atom. The second-order valence-corrected chi connectivity index (χ2v) is 11.3. The van der Waals surface area contributed by atoms with Gasteiger partial charge in [0.2, 0.25) is 11.8 Å². The van der Waals surface area contributed by atoms with Crippen molar-refractivity contribution in [3.63, 3.8) is 0 Å². The van der Waals surface area contributed by atoms with Gasteiger partial charge in [-0.05, 0) is 56.1 Å². The number of hydrogen-bond acceptors (Lipinski definition) is 8. The predicted molar refractivity (Wildman–Crippen MR) is 148 cm³/mol. The second kappa shape index (κ2) is 11.8. The monoisotopic (exact) mass is 565 g/mol. The number of nitrogens with one attached hydrogen (secondary N) is 2. The Bertz CT molecular complexity index is 1320. The van der Waals surface area contributed by atoms with E-state index >= 15 is 4.39 Å². The van der Waals surface area contributed by atoms with Crippen molar-refractivity contribution in [2.75, 3.05) is 44.7 Å². The van der Waals surface area contributed by atoms with Crippen molar-refractivity contribution in [1.82, 2.24) is 20.0 Å². The molecule has 41 heavy (non-hydrogen) atoms. The van der Waals surface area contributed by atoms with Crippen molar-refractivity contribution in [2.45, 2.75) is 57.1 Å². The normalized spacial score (nSPS) is 24.4.